The maximum atomic E-state index is 5.76. The molecule has 0 aliphatic rings. The van der Waals surface area contributed by atoms with Crippen LogP contribution in [-0.4, -0.2) is 4.98 Å². The summed E-state index contributed by atoms with van der Waals surface area (Å²) in [6.45, 7) is 10.4. The number of fused-ring (bicyclic) bond motifs is 1. The summed E-state index contributed by atoms with van der Waals surface area (Å²) in [5, 5.41) is 0. The van der Waals surface area contributed by atoms with E-state index in [1.165, 1.54) is 22.3 Å². The predicted octanol–water partition coefficient (Wildman–Crippen LogP) is 4.09. The van der Waals surface area contributed by atoms with Crippen LogP contribution in [0.3, 0.4) is 0 Å². The van der Waals surface area contributed by atoms with E-state index < -0.39 is 0 Å². The number of allylic oxidation sites excluding steroid dienone is 1. The summed E-state index contributed by atoms with van der Waals surface area (Å²) in [6, 6.07) is 0. The largest absolute Gasteiger partial charge is 0.436 e. The Hall–Kier alpha value is -1.57. The van der Waals surface area contributed by atoms with Crippen LogP contribution in [0.4, 0.5) is 0 Å². The second-order valence-corrected chi connectivity index (χ2v) is 4.23. The van der Waals surface area contributed by atoms with Crippen LogP contribution in [0.25, 0.3) is 17.2 Å². The molecule has 16 heavy (non-hydrogen) atoms. The monoisotopic (exact) mass is 215 g/mol. The first-order valence-corrected chi connectivity index (χ1v) is 5.55. The summed E-state index contributed by atoms with van der Waals surface area (Å²) < 4.78 is 5.76. The molecule has 2 heteroatoms. The molecule has 0 atom stereocenters. The predicted molar refractivity (Wildman–Crippen MR) is 67.7 cm³/mol. The van der Waals surface area contributed by atoms with Crippen molar-refractivity contribution in [3.63, 3.8) is 0 Å². The molecule has 0 saturated carbocycles. The Kier molecular flexibility index (Phi) is 2.58. The van der Waals surface area contributed by atoms with Gasteiger partial charge in [0.2, 0.25) is 5.89 Å². The number of hydrogen-bond donors (Lipinski definition) is 0. The summed E-state index contributed by atoms with van der Waals surface area (Å²) >= 11 is 0. The second-order valence-electron chi connectivity index (χ2n) is 4.23. The highest BCUT2D eigenvalue weighted by Crippen LogP contribution is 2.29. The van der Waals surface area contributed by atoms with Crippen LogP contribution < -0.4 is 0 Å². The zero-order valence-electron chi connectivity index (χ0n) is 10.5. The minimum absolute atomic E-state index is 0.689. The van der Waals surface area contributed by atoms with E-state index in [9.17, 15) is 0 Å². The molecule has 0 aliphatic carbocycles. The standard InChI is InChI=1S/C14H17NO/c1-6-7-12-15-13-10(4)8(2)9(3)11(5)14(13)16-12/h6-7H,1-5H3. The first kappa shape index (κ1) is 10.9. The molecule has 0 radical (unpaired) electrons. The summed E-state index contributed by atoms with van der Waals surface area (Å²) in [4.78, 5) is 4.51. The van der Waals surface area contributed by atoms with Crippen molar-refractivity contribution >= 4 is 17.2 Å². The van der Waals surface area contributed by atoms with Gasteiger partial charge in [0, 0.05) is 0 Å². The fourth-order valence-corrected chi connectivity index (χ4v) is 1.97. The lowest BCUT2D eigenvalue weighted by Gasteiger charge is -2.07. The summed E-state index contributed by atoms with van der Waals surface area (Å²) in [5.74, 6) is 0.689. The first-order valence-electron chi connectivity index (χ1n) is 5.55. The zero-order valence-corrected chi connectivity index (χ0v) is 10.5. The van der Waals surface area contributed by atoms with Crippen molar-refractivity contribution in [2.24, 2.45) is 0 Å². The summed E-state index contributed by atoms with van der Waals surface area (Å²) in [5.41, 5.74) is 6.94. The van der Waals surface area contributed by atoms with Gasteiger partial charge in [0.1, 0.15) is 5.52 Å². The Morgan fingerprint density at radius 2 is 1.56 bits per heavy atom. The Bertz CT molecular complexity index is 531. The maximum Gasteiger partial charge on any atom is 0.219 e. The molecule has 2 nitrogen and oxygen atoms in total. The van der Waals surface area contributed by atoms with E-state index in [1.807, 2.05) is 19.1 Å². The van der Waals surface area contributed by atoms with Crippen LogP contribution in [0, 0.1) is 27.7 Å². The van der Waals surface area contributed by atoms with Crippen molar-refractivity contribution in [2.75, 3.05) is 0 Å². The summed E-state index contributed by atoms with van der Waals surface area (Å²) in [6.07, 6.45) is 3.83. The molecule has 2 rings (SSSR count). The normalized spacial score (nSPS) is 11.8. The van der Waals surface area contributed by atoms with Crippen molar-refractivity contribution in [2.45, 2.75) is 34.6 Å². The Morgan fingerprint density at radius 1 is 0.938 bits per heavy atom. The Balaban J connectivity index is 2.86. The smallest absolute Gasteiger partial charge is 0.219 e. The minimum Gasteiger partial charge on any atom is -0.436 e. The van der Waals surface area contributed by atoms with Gasteiger partial charge in [0.25, 0.3) is 0 Å². The van der Waals surface area contributed by atoms with E-state index in [4.69, 9.17) is 4.42 Å². The molecule has 0 aliphatic heterocycles. The van der Waals surface area contributed by atoms with Crippen molar-refractivity contribution in [3.8, 4) is 0 Å². The Morgan fingerprint density at radius 3 is 2.19 bits per heavy atom. The number of hydrogen-bond acceptors (Lipinski definition) is 2. The number of aromatic nitrogens is 1. The van der Waals surface area contributed by atoms with Crippen LogP contribution in [0.15, 0.2) is 10.5 Å². The third-order valence-electron chi connectivity index (χ3n) is 3.34. The second kappa shape index (κ2) is 3.78. The van der Waals surface area contributed by atoms with E-state index >= 15 is 0 Å². The van der Waals surface area contributed by atoms with Crippen molar-refractivity contribution in [3.05, 3.63) is 34.2 Å². The zero-order chi connectivity index (χ0) is 11.9. The van der Waals surface area contributed by atoms with Gasteiger partial charge in [-0.05, 0) is 62.9 Å². The fraction of sp³-hybridized carbons (Fsp3) is 0.357. The van der Waals surface area contributed by atoms with Gasteiger partial charge in [-0.25, -0.2) is 4.98 Å². The number of rotatable bonds is 1. The molecule has 0 fully saturated rings. The van der Waals surface area contributed by atoms with E-state index in [-0.39, 0.29) is 0 Å². The highest BCUT2D eigenvalue weighted by Gasteiger charge is 2.14. The highest BCUT2D eigenvalue weighted by molar-refractivity contribution is 5.83. The third kappa shape index (κ3) is 1.45. The van der Waals surface area contributed by atoms with E-state index in [1.54, 1.807) is 0 Å². The molecule has 0 spiro atoms. The average Bonchev–Trinajstić information content (AvgIpc) is 2.68. The molecule has 1 aromatic carbocycles. The molecule has 2 aromatic rings. The molecule has 0 amide bonds. The van der Waals surface area contributed by atoms with Gasteiger partial charge >= 0.3 is 0 Å². The van der Waals surface area contributed by atoms with Gasteiger partial charge in [-0.3, -0.25) is 0 Å². The molecule has 0 saturated heterocycles. The van der Waals surface area contributed by atoms with Crippen molar-refractivity contribution in [1.82, 2.24) is 4.98 Å². The quantitative estimate of drug-likeness (QED) is 0.716. The van der Waals surface area contributed by atoms with Crippen LogP contribution in [-0.2, 0) is 0 Å². The topological polar surface area (TPSA) is 26.0 Å². The van der Waals surface area contributed by atoms with Gasteiger partial charge in [-0.2, -0.15) is 0 Å². The number of nitrogens with zero attached hydrogens (tertiary/aromatic N) is 1. The van der Waals surface area contributed by atoms with Gasteiger partial charge in [-0.15, -0.1) is 0 Å². The number of oxazole rings is 1. The molecular weight excluding hydrogens is 198 g/mol. The van der Waals surface area contributed by atoms with E-state index in [0.29, 0.717) is 5.89 Å². The lowest BCUT2D eigenvalue weighted by molar-refractivity contribution is 0.586. The Labute approximate surface area is 96.0 Å². The van der Waals surface area contributed by atoms with Gasteiger partial charge < -0.3 is 4.42 Å². The minimum atomic E-state index is 0.689. The van der Waals surface area contributed by atoms with E-state index in [0.717, 1.165) is 11.1 Å². The van der Waals surface area contributed by atoms with Gasteiger partial charge in [-0.1, -0.05) is 6.08 Å². The van der Waals surface area contributed by atoms with Gasteiger partial charge in [0.15, 0.2) is 5.58 Å². The molecule has 0 unspecified atom stereocenters. The van der Waals surface area contributed by atoms with Crippen molar-refractivity contribution in [1.29, 1.82) is 0 Å². The lowest BCUT2D eigenvalue weighted by atomic mass is 9.98. The molecule has 0 bridgehead atoms. The summed E-state index contributed by atoms with van der Waals surface area (Å²) in [7, 11) is 0. The number of aryl methyl sites for hydroxylation is 2. The fourth-order valence-electron chi connectivity index (χ4n) is 1.97. The molecule has 84 valence electrons. The van der Waals surface area contributed by atoms with Crippen molar-refractivity contribution < 1.29 is 4.42 Å². The van der Waals surface area contributed by atoms with Crippen LogP contribution in [0.2, 0.25) is 0 Å². The SMILES string of the molecule is CC=Cc1nc2c(C)c(C)c(C)c(C)c2o1. The maximum absolute atomic E-state index is 5.76. The average molecular weight is 215 g/mol. The van der Waals surface area contributed by atoms with Crippen LogP contribution >= 0.6 is 0 Å². The van der Waals surface area contributed by atoms with E-state index in [2.05, 4.69) is 32.7 Å². The molecule has 0 N–H and O–H groups in total. The molecular formula is C14H17NO. The van der Waals surface area contributed by atoms with Crippen LogP contribution in [0.1, 0.15) is 35.1 Å². The third-order valence-corrected chi connectivity index (χ3v) is 3.34. The first-order chi connectivity index (χ1) is 7.56. The lowest BCUT2D eigenvalue weighted by Crippen LogP contribution is -1.92. The molecule has 1 heterocycles. The molecule has 1 aromatic heterocycles. The highest BCUT2D eigenvalue weighted by atomic mass is 16.3. The van der Waals surface area contributed by atoms with Crippen LogP contribution in [0.5, 0.6) is 0 Å². The number of benzene rings is 1. The van der Waals surface area contributed by atoms with Gasteiger partial charge in [0.05, 0.1) is 0 Å².